The molecule has 4 heteroatoms. The number of aliphatic hydroxyl groups is 1. The molecule has 1 saturated carbocycles. The highest BCUT2D eigenvalue weighted by atomic mass is 16.3. The van der Waals surface area contributed by atoms with Crippen molar-refractivity contribution in [1.82, 2.24) is 0 Å². The van der Waals surface area contributed by atoms with Crippen molar-refractivity contribution >= 4 is 11.7 Å². The van der Waals surface area contributed by atoms with Gasteiger partial charge in [0.2, 0.25) is 0 Å². The van der Waals surface area contributed by atoms with Crippen LogP contribution in [0.3, 0.4) is 0 Å². The Hall–Kier alpha value is -1.55. The minimum Gasteiger partial charge on any atom is -0.390 e. The number of urea groups is 1. The Labute approximate surface area is 146 Å². The highest BCUT2D eigenvalue weighted by molar-refractivity contribution is 5.92. The van der Waals surface area contributed by atoms with Crippen LogP contribution in [0.1, 0.15) is 71.3 Å². The van der Waals surface area contributed by atoms with Crippen molar-refractivity contribution in [3.63, 3.8) is 0 Å². The molecule has 1 aliphatic rings. The number of benzene rings is 1. The summed E-state index contributed by atoms with van der Waals surface area (Å²) in [5.41, 5.74) is 7.24. The summed E-state index contributed by atoms with van der Waals surface area (Å²) in [7, 11) is 0. The van der Waals surface area contributed by atoms with Gasteiger partial charge in [-0.15, -0.1) is 0 Å². The van der Waals surface area contributed by atoms with Crippen LogP contribution < -0.4 is 10.6 Å². The quantitative estimate of drug-likeness (QED) is 0.838. The second-order valence-electron chi connectivity index (χ2n) is 8.11. The zero-order valence-corrected chi connectivity index (χ0v) is 15.5. The molecule has 0 unspecified atom stereocenters. The average molecular weight is 332 g/mol. The number of anilines is 1. The molecule has 0 atom stereocenters. The monoisotopic (exact) mass is 332 g/mol. The van der Waals surface area contributed by atoms with E-state index in [1.807, 2.05) is 32.0 Å². The van der Waals surface area contributed by atoms with E-state index in [-0.39, 0.29) is 12.1 Å². The summed E-state index contributed by atoms with van der Waals surface area (Å²) < 4.78 is 0. The van der Waals surface area contributed by atoms with Crippen molar-refractivity contribution in [3.05, 3.63) is 29.8 Å². The largest absolute Gasteiger partial charge is 0.390 e. The van der Waals surface area contributed by atoms with Gasteiger partial charge in [0, 0.05) is 11.7 Å². The summed E-state index contributed by atoms with van der Waals surface area (Å²) in [6.45, 7) is 8.01. The molecule has 1 fully saturated rings. The van der Waals surface area contributed by atoms with Crippen LogP contribution in [-0.4, -0.2) is 22.8 Å². The molecule has 0 saturated heterocycles. The first-order valence-electron chi connectivity index (χ1n) is 9.09. The number of nitrogens with zero attached hydrogens (tertiary/aromatic N) is 1. The number of nitrogens with two attached hydrogens (primary N) is 1. The number of primary amides is 1. The van der Waals surface area contributed by atoms with Crippen molar-refractivity contribution in [1.29, 1.82) is 0 Å². The zero-order valence-electron chi connectivity index (χ0n) is 15.5. The van der Waals surface area contributed by atoms with Gasteiger partial charge in [-0.05, 0) is 69.4 Å². The second kappa shape index (κ2) is 7.56. The number of hydrogen-bond acceptors (Lipinski definition) is 2. The van der Waals surface area contributed by atoms with Crippen molar-refractivity contribution in [2.24, 2.45) is 11.7 Å². The van der Waals surface area contributed by atoms with E-state index in [2.05, 4.69) is 19.9 Å². The van der Waals surface area contributed by atoms with Crippen molar-refractivity contribution < 1.29 is 9.90 Å². The SMILES string of the molecule is CC(C)c1ccccc1N(C(N)=O)C1CCC(CC(C)(C)O)CC1. The van der Waals surface area contributed by atoms with Crippen LogP contribution in [0.4, 0.5) is 10.5 Å². The maximum atomic E-state index is 12.2. The zero-order chi connectivity index (χ0) is 17.9. The Morgan fingerprint density at radius 3 is 2.33 bits per heavy atom. The number of rotatable bonds is 5. The van der Waals surface area contributed by atoms with Gasteiger partial charge in [-0.25, -0.2) is 4.79 Å². The molecular weight excluding hydrogens is 300 g/mol. The van der Waals surface area contributed by atoms with E-state index in [4.69, 9.17) is 5.73 Å². The maximum Gasteiger partial charge on any atom is 0.319 e. The molecular formula is C20H32N2O2. The third-order valence-corrected chi connectivity index (χ3v) is 5.03. The lowest BCUT2D eigenvalue weighted by Gasteiger charge is -2.38. The summed E-state index contributed by atoms with van der Waals surface area (Å²) in [6, 6.07) is 7.85. The number of carbonyl (C=O) groups is 1. The summed E-state index contributed by atoms with van der Waals surface area (Å²) >= 11 is 0. The van der Waals surface area contributed by atoms with E-state index in [0.29, 0.717) is 11.8 Å². The molecule has 1 aliphatic carbocycles. The normalized spacial score (nSPS) is 21.8. The average Bonchev–Trinajstić information content (AvgIpc) is 2.48. The highest BCUT2D eigenvalue weighted by Crippen LogP contribution is 2.36. The Balaban J connectivity index is 2.15. The lowest BCUT2D eigenvalue weighted by atomic mass is 9.79. The highest BCUT2D eigenvalue weighted by Gasteiger charge is 2.32. The van der Waals surface area contributed by atoms with E-state index in [9.17, 15) is 9.90 Å². The van der Waals surface area contributed by atoms with Gasteiger partial charge in [-0.2, -0.15) is 0 Å². The fraction of sp³-hybridized carbons (Fsp3) is 0.650. The third-order valence-electron chi connectivity index (χ3n) is 5.03. The fourth-order valence-electron chi connectivity index (χ4n) is 4.00. The number of carbonyl (C=O) groups excluding carboxylic acids is 1. The molecule has 4 nitrogen and oxygen atoms in total. The van der Waals surface area contributed by atoms with Gasteiger partial charge in [0.05, 0.1) is 5.60 Å². The summed E-state index contributed by atoms with van der Waals surface area (Å²) in [6.07, 6.45) is 4.76. The van der Waals surface area contributed by atoms with Crippen molar-refractivity contribution in [2.75, 3.05) is 4.90 Å². The fourth-order valence-corrected chi connectivity index (χ4v) is 4.00. The first-order chi connectivity index (χ1) is 11.2. The summed E-state index contributed by atoms with van der Waals surface area (Å²) in [5.74, 6) is 0.867. The maximum absolute atomic E-state index is 12.2. The molecule has 0 aliphatic heterocycles. The van der Waals surface area contributed by atoms with Crippen molar-refractivity contribution in [2.45, 2.75) is 77.4 Å². The smallest absolute Gasteiger partial charge is 0.319 e. The first kappa shape index (κ1) is 18.8. The first-order valence-corrected chi connectivity index (χ1v) is 9.09. The molecule has 0 heterocycles. The molecule has 2 rings (SSSR count). The summed E-state index contributed by atoms with van der Waals surface area (Å²) in [5, 5.41) is 10.0. The molecule has 0 radical (unpaired) electrons. The molecule has 24 heavy (non-hydrogen) atoms. The number of para-hydroxylation sites is 1. The molecule has 0 bridgehead atoms. The Kier molecular flexibility index (Phi) is 5.92. The van der Waals surface area contributed by atoms with Gasteiger partial charge in [0.25, 0.3) is 0 Å². The minimum atomic E-state index is -0.620. The number of amides is 2. The molecule has 0 aromatic heterocycles. The molecule has 0 spiro atoms. The molecule has 1 aromatic rings. The van der Waals surface area contributed by atoms with Crippen LogP contribution in [-0.2, 0) is 0 Å². The second-order valence-corrected chi connectivity index (χ2v) is 8.11. The standard InChI is InChI=1S/C20H32N2O2/c1-14(2)17-7-5-6-8-18(17)22(19(21)23)16-11-9-15(10-12-16)13-20(3,4)24/h5-8,14-16,24H,9-13H2,1-4H3,(H2,21,23). The van der Waals surface area contributed by atoms with E-state index >= 15 is 0 Å². The summed E-state index contributed by atoms with van der Waals surface area (Å²) in [4.78, 5) is 14.0. The van der Waals surface area contributed by atoms with E-state index < -0.39 is 5.60 Å². The van der Waals surface area contributed by atoms with Gasteiger partial charge in [0.15, 0.2) is 0 Å². The van der Waals surface area contributed by atoms with Gasteiger partial charge in [-0.3, -0.25) is 4.90 Å². The molecule has 134 valence electrons. The van der Waals surface area contributed by atoms with Crippen LogP contribution in [0.5, 0.6) is 0 Å². The minimum absolute atomic E-state index is 0.153. The van der Waals surface area contributed by atoms with E-state index in [1.54, 1.807) is 4.90 Å². The molecule has 1 aromatic carbocycles. The van der Waals surface area contributed by atoms with Crippen LogP contribution in [0.15, 0.2) is 24.3 Å². The van der Waals surface area contributed by atoms with Gasteiger partial charge in [0.1, 0.15) is 0 Å². The van der Waals surface area contributed by atoms with Crippen LogP contribution >= 0.6 is 0 Å². The predicted octanol–water partition coefficient (Wildman–Crippen LogP) is 4.41. The lowest BCUT2D eigenvalue weighted by molar-refractivity contribution is 0.0446. The van der Waals surface area contributed by atoms with Gasteiger partial charge in [-0.1, -0.05) is 32.0 Å². The lowest BCUT2D eigenvalue weighted by Crippen LogP contribution is -2.46. The Morgan fingerprint density at radius 2 is 1.83 bits per heavy atom. The van der Waals surface area contributed by atoms with E-state index in [1.165, 1.54) is 0 Å². The van der Waals surface area contributed by atoms with Crippen LogP contribution in [0.2, 0.25) is 0 Å². The molecule has 2 amide bonds. The van der Waals surface area contributed by atoms with E-state index in [0.717, 1.165) is 43.4 Å². The number of hydrogen-bond donors (Lipinski definition) is 2. The topological polar surface area (TPSA) is 66.6 Å². The van der Waals surface area contributed by atoms with Crippen molar-refractivity contribution in [3.8, 4) is 0 Å². The molecule has 3 N–H and O–H groups in total. The van der Waals surface area contributed by atoms with Crippen LogP contribution in [0.25, 0.3) is 0 Å². The van der Waals surface area contributed by atoms with Gasteiger partial charge < -0.3 is 10.8 Å². The van der Waals surface area contributed by atoms with Crippen LogP contribution in [0, 0.1) is 5.92 Å². The van der Waals surface area contributed by atoms with Gasteiger partial charge >= 0.3 is 6.03 Å². The third kappa shape index (κ3) is 4.73. The Morgan fingerprint density at radius 1 is 1.25 bits per heavy atom. The Bertz CT molecular complexity index is 555. The predicted molar refractivity (Wildman–Crippen MR) is 99.3 cm³/mol.